The molecular weight excluding hydrogens is 211 g/mol. The lowest BCUT2D eigenvalue weighted by atomic mass is 10.1. The van der Waals surface area contributed by atoms with Crippen molar-refractivity contribution >= 4 is 17.9 Å². The molecule has 16 heavy (non-hydrogen) atoms. The van der Waals surface area contributed by atoms with E-state index in [2.05, 4.69) is 62.1 Å². The molecule has 0 aromatic heterocycles. The van der Waals surface area contributed by atoms with Crippen LogP contribution in [0.2, 0.25) is 0 Å². The number of fused-ring (bicyclic) bond motifs is 3. The number of rotatable bonds is 1. The van der Waals surface area contributed by atoms with Crippen LogP contribution in [0.3, 0.4) is 0 Å². The Labute approximate surface area is 97.7 Å². The second-order valence-electron chi connectivity index (χ2n) is 4.54. The maximum absolute atomic E-state index is 2.47. The first-order valence-corrected chi connectivity index (χ1v) is 8.24. The van der Waals surface area contributed by atoms with Gasteiger partial charge in [0.05, 0.1) is 20.1 Å². The average Bonchev–Trinajstić information content (AvgIpc) is 2.62. The number of benzene rings is 2. The standard InChI is InChI=1S/C15H16P/c1-3-16(2)14-10-6-4-8-12(14)13-9-5-7-11-15(13)16/h4-11H,3H2,1-2H3/q+1. The molecule has 0 saturated carbocycles. The third kappa shape index (κ3) is 1.14. The molecule has 1 aliphatic rings. The van der Waals surface area contributed by atoms with Crippen molar-refractivity contribution in [1.29, 1.82) is 0 Å². The highest BCUT2D eigenvalue weighted by atomic mass is 31.2. The van der Waals surface area contributed by atoms with E-state index >= 15 is 0 Å². The van der Waals surface area contributed by atoms with Crippen molar-refractivity contribution in [3.8, 4) is 11.1 Å². The van der Waals surface area contributed by atoms with E-state index in [0.717, 1.165) is 0 Å². The van der Waals surface area contributed by atoms with Crippen molar-refractivity contribution in [1.82, 2.24) is 0 Å². The molecule has 0 aliphatic carbocycles. The molecule has 1 aliphatic heterocycles. The van der Waals surface area contributed by atoms with E-state index in [9.17, 15) is 0 Å². The van der Waals surface area contributed by atoms with E-state index in [1.54, 1.807) is 10.6 Å². The molecule has 2 aromatic carbocycles. The van der Waals surface area contributed by atoms with E-state index in [1.165, 1.54) is 17.3 Å². The normalized spacial score (nSPS) is 15.6. The Bertz CT molecular complexity index is 497. The molecule has 1 heteroatoms. The van der Waals surface area contributed by atoms with Crippen molar-refractivity contribution in [3.05, 3.63) is 48.5 Å². The topological polar surface area (TPSA) is 0 Å². The van der Waals surface area contributed by atoms with Crippen LogP contribution in [-0.4, -0.2) is 12.8 Å². The molecule has 0 amide bonds. The Balaban J connectivity index is 2.39. The van der Waals surface area contributed by atoms with Gasteiger partial charge in [-0.15, -0.1) is 0 Å². The van der Waals surface area contributed by atoms with Gasteiger partial charge in [-0.1, -0.05) is 36.4 Å². The van der Waals surface area contributed by atoms with Crippen LogP contribution in [0.1, 0.15) is 6.92 Å². The largest absolute Gasteiger partial charge is 0.107 e. The minimum atomic E-state index is -1.08. The maximum atomic E-state index is 2.47. The predicted molar refractivity (Wildman–Crippen MR) is 74.5 cm³/mol. The number of hydrogen-bond donors (Lipinski definition) is 0. The molecule has 0 spiro atoms. The van der Waals surface area contributed by atoms with Gasteiger partial charge < -0.3 is 0 Å². The van der Waals surface area contributed by atoms with Gasteiger partial charge in [0.15, 0.2) is 0 Å². The van der Waals surface area contributed by atoms with Gasteiger partial charge in [0.1, 0.15) is 10.6 Å². The lowest BCUT2D eigenvalue weighted by Gasteiger charge is -2.16. The minimum absolute atomic E-state index is 1.08. The van der Waals surface area contributed by atoms with Crippen LogP contribution in [0.15, 0.2) is 48.5 Å². The second kappa shape index (κ2) is 3.43. The van der Waals surface area contributed by atoms with Crippen LogP contribution in [0.25, 0.3) is 11.1 Å². The summed E-state index contributed by atoms with van der Waals surface area (Å²) < 4.78 is 0. The molecule has 0 bridgehead atoms. The first-order chi connectivity index (χ1) is 7.77. The third-order valence-electron chi connectivity index (χ3n) is 3.79. The molecule has 0 saturated heterocycles. The first kappa shape index (κ1) is 10.1. The fourth-order valence-corrected chi connectivity index (χ4v) is 5.96. The molecule has 0 fully saturated rings. The van der Waals surface area contributed by atoms with Gasteiger partial charge in [0, 0.05) is 11.1 Å². The summed E-state index contributed by atoms with van der Waals surface area (Å²) in [4.78, 5) is 0. The van der Waals surface area contributed by atoms with Crippen LogP contribution in [0.5, 0.6) is 0 Å². The highest BCUT2D eigenvalue weighted by Crippen LogP contribution is 2.59. The smallest absolute Gasteiger partial charge is 0.0614 e. The van der Waals surface area contributed by atoms with Gasteiger partial charge in [-0.25, -0.2) is 0 Å². The van der Waals surface area contributed by atoms with Crippen molar-refractivity contribution in [2.24, 2.45) is 0 Å². The molecule has 0 atom stereocenters. The minimum Gasteiger partial charge on any atom is -0.0614 e. The van der Waals surface area contributed by atoms with Crippen molar-refractivity contribution in [2.75, 3.05) is 12.8 Å². The van der Waals surface area contributed by atoms with E-state index in [1.807, 2.05) is 0 Å². The van der Waals surface area contributed by atoms with E-state index in [-0.39, 0.29) is 0 Å². The number of hydrogen-bond acceptors (Lipinski definition) is 0. The molecule has 0 radical (unpaired) electrons. The van der Waals surface area contributed by atoms with Gasteiger partial charge in [-0.3, -0.25) is 0 Å². The second-order valence-corrected chi connectivity index (χ2v) is 8.52. The van der Waals surface area contributed by atoms with E-state index in [4.69, 9.17) is 0 Å². The molecule has 1 heterocycles. The summed E-state index contributed by atoms with van der Waals surface area (Å²) in [5, 5.41) is 3.19. The van der Waals surface area contributed by atoms with Gasteiger partial charge in [0.2, 0.25) is 0 Å². The Morgan fingerprint density at radius 3 is 1.69 bits per heavy atom. The summed E-state index contributed by atoms with van der Waals surface area (Å²) in [5.41, 5.74) is 2.94. The highest BCUT2D eigenvalue weighted by Gasteiger charge is 2.45. The Morgan fingerprint density at radius 1 is 0.812 bits per heavy atom. The van der Waals surface area contributed by atoms with Crippen LogP contribution in [0, 0.1) is 0 Å². The van der Waals surface area contributed by atoms with Crippen LogP contribution < -0.4 is 10.6 Å². The lowest BCUT2D eigenvalue weighted by Crippen LogP contribution is -2.17. The van der Waals surface area contributed by atoms with Crippen molar-refractivity contribution in [2.45, 2.75) is 6.92 Å². The highest BCUT2D eigenvalue weighted by molar-refractivity contribution is 7.90. The summed E-state index contributed by atoms with van der Waals surface area (Å²) in [7, 11) is -1.08. The lowest BCUT2D eigenvalue weighted by molar-refractivity contribution is 1.49. The molecular formula is C15H16P+. The molecule has 3 rings (SSSR count). The maximum Gasteiger partial charge on any atom is 0.107 e. The summed E-state index contributed by atoms with van der Waals surface area (Å²) >= 11 is 0. The Hall–Kier alpha value is -1.13. The zero-order chi connectivity index (χ0) is 11.2. The zero-order valence-electron chi connectivity index (χ0n) is 9.77. The SMILES string of the molecule is CC[P+]1(C)c2ccccc2-c2ccccc21. The molecule has 2 aromatic rings. The summed E-state index contributed by atoms with van der Waals surface area (Å²) in [6.07, 6.45) is 1.26. The van der Waals surface area contributed by atoms with Crippen LogP contribution >= 0.6 is 7.26 Å². The fourth-order valence-electron chi connectivity index (χ4n) is 2.73. The molecule has 80 valence electrons. The van der Waals surface area contributed by atoms with E-state index in [0.29, 0.717) is 0 Å². The van der Waals surface area contributed by atoms with Gasteiger partial charge >= 0.3 is 0 Å². The quantitative estimate of drug-likeness (QED) is 0.656. The Kier molecular flexibility index (Phi) is 2.16. The van der Waals surface area contributed by atoms with Crippen LogP contribution in [-0.2, 0) is 0 Å². The van der Waals surface area contributed by atoms with E-state index < -0.39 is 7.26 Å². The Morgan fingerprint density at radius 2 is 1.25 bits per heavy atom. The first-order valence-electron chi connectivity index (χ1n) is 5.82. The summed E-state index contributed by atoms with van der Waals surface area (Å²) in [6, 6.07) is 17.9. The monoisotopic (exact) mass is 227 g/mol. The van der Waals surface area contributed by atoms with Crippen molar-refractivity contribution in [3.63, 3.8) is 0 Å². The van der Waals surface area contributed by atoms with Crippen LogP contribution in [0.4, 0.5) is 0 Å². The van der Waals surface area contributed by atoms with Gasteiger partial charge in [-0.2, -0.15) is 0 Å². The average molecular weight is 227 g/mol. The summed E-state index contributed by atoms with van der Waals surface area (Å²) in [6.45, 7) is 4.80. The molecule has 0 nitrogen and oxygen atoms in total. The van der Waals surface area contributed by atoms with Gasteiger partial charge in [-0.05, 0) is 19.1 Å². The summed E-state index contributed by atoms with van der Waals surface area (Å²) in [5.74, 6) is 0. The predicted octanol–water partition coefficient (Wildman–Crippen LogP) is 3.29. The zero-order valence-corrected chi connectivity index (χ0v) is 10.7. The van der Waals surface area contributed by atoms with Gasteiger partial charge in [0.25, 0.3) is 0 Å². The van der Waals surface area contributed by atoms with Crippen molar-refractivity contribution < 1.29 is 0 Å². The molecule has 0 N–H and O–H groups in total. The fraction of sp³-hybridized carbons (Fsp3) is 0.200. The third-order valence-corrected chi connectivity index (χ3v) is 7.97. The molecule has 0 unspecified atom stereocenters.